The molecule has 0 aromatic heterocycles. The summed E-state index contributed by atoms with van der Waals surface area (Å²) in [4.78, 5) is 10.3. The van der Waals surface area contributed by atoms with E-state index in [-0.39, 0.29) is 13.2 Å². The minimum atomic E-state index is -4.17. The van der Waals surface area contributed by atoms with E-state index in [9.17, 15) is 9.46 Å². The number of hydrogen-bond acceptors (Lipinski definition) is 5. The maximum absolute atomic E-state index is 12.6. The van der Waals surface area contributed by atoms with Crippen molar-refractivity contribution in [3.63, 3.8) is 0 Å². The van der Waals surface area contributed by atoms with Crippen molar-refractivity contribution >= 4 is 7.82 Å². The van der Waals surface area contributed by atoms with E-state index in [1.54, 1.807) is 0 Å². The third kappa shape index (κ3) is 32.8. The van der Waals surface area contributed by atoms with Gasteiger partial charge in [-0.3, -0.25) is 9.05 Å². The summed E-state index contributed by atoms with van der Waals surface area (Å²) < 4.78 is 36.3. The first-order valence-corrected chi connectivity index (χ1v) is 25.5. The number of rotatable bonds is 7. The lowest BCUT2D eigenvalue weighted by atomic mass is 9.88. The molecule has 0 radical (unpaired) electrons. The number of hydrogen-bond donors (Lipinski definition) is 1. The highest BCUT2D eigenvalue weighted by Gasteiger charge is 2.25. The first kappa shape index (κ1) is 54.0. The normalized spacial score (nSPS) is 33.2. The maximum atomic E-state index is 12.6. The second-order valence-electron chi connectivity index (χ2n) is 20.8. The van der Waals surface area contributed by atoms with Crippen LogP contribution in [0.4, 0.5) is 0 Å². The monoisotopic (exact) mass is 817 g/mol. The van der Waals surface area contributed by atoms with Crippen molar-refractivity contribution in [3.8, 4) is 0 Å². The van der Waals surface area contributed by atoms with Gasteiger partial charge in [0.25, 0.3) is 0 Å². The number of phosphoric acid groups is 1. The molecule has 0 aromatic rings. The fraction of sp³-hybridized carbons (Fsp3) is 1.00. The Morgan fingerprint density at radius 3 is 1.18 bits per heavy atom. The van der Waals surface area contributed by atoms with E-state index in [0.717, 1.165) is 48.3 Å². The summed E-state index contributed by atoms with van der Waals surface area (Å²) in [6.07, 6.45) is 28.6. The molecule has 1 fully saturated rings. The minimum Gasteiger partial charge on any atom is -0.379 e. The zero-order valence-electron chi connectivity index (χ0n) is 39.4. The van der Waals surface area contributed by atoms with Crippen LogP contribution in [0.15, 0.2) is 0 Å². The van der Waals surface area contributed by atoms with Gasteiger partial charge in [-0.05, 0) is 60.2 Å². The third-order valence-corrected chi connectivity index (χ3v) is 14.0. The van der Waals surface area contributed by atoms with Gasteiger partial charge in [-0.1, -0.05) is 184 Å². The lowest BCUT2D eigenvalue weighted by molar-refractivity contribution is -0.870. The predicted molar refractivity (Wildman–Crippen MR) is 240 cm³/mol. The Morgan fingerprint density at radius 1 is 0.500 bits per heavy atom. The molecule has 0 amide bonds. The standard InChI is InChI=1S/C48H98NO6P/c1-40-18-12-20-42(3)24-16-28-46(7)32-35-52-38-48(39-55-56(50,51)54-37-34-49(9,10)11)53-36-33-47(8)29-17-25-43(4)21-13-19-41(2)23-15-27-45(6)31-30-44(5)26-14-22-40/h40-48H,12-39H2,1-11H3/p+1/t40-,41-,42+,43+,44-,45-,46+,47+,48-/m0/s1. The highest BCUT2D eigenvalue weighted by Crippen LogP contribution is 2.43. The summed E-state index contributed by atoms with van der Waals surface area (Å²) in [6.45, 7) is 21.9. The molecule has 0 saturated carbocycles. The van der Waals surface area contributed by atoms with Gasteiger partial charge in [0.05, 0.1) is 34.4 Å². The smallest absolute Gasteiger partial charge is 0.379 e. The molecule has 0 bridgehead atoms. The van der Waals surface area contributed by atoms with Gasteiger partial charge in [0.2, 0.25) is 0 Å². The van der Waals surface area contributed by atoms with Crippen molar-refractivity contribution in [3.05, 3.63) is 0 Å². The molecule has 1 aliphatic heterocycles. The number of nitrogens with zero attached hydrogens (tertiary/aromatic N) is 1. The largest absolute Gasteiger partial charge is 0.472 e. The number of quaternary nitrogens is 1. The minimum absolute atomic E-state index is 0.0206. The molecule has 7 nitrogen and oxygen atoms in total. The van der Waals surface area contributed by atoms with E-state index in [2.05, 4.69) is 55.4 Å². The topological polar surface area (TPSA) is 74.2 Å². The summed E-state index contributed by atoms with van der Waals surface area (Å²) in [6, 6.07) is 0. The van der Waals surface area contributed by atoms with Crippen molar-refractivity contribution in [2.45, 2.75) is 203 Å². The molecule has 0 spiro atoms. The molecule has 8 heteroatoms. The Bertz CT molecular complexity index is 960. The van der Waals surface area contributed by atoms with Gasteiger partial charge < -0.3 is 18.9 Å². The Balaban J connectivity index is 2.68. The molecule has 1 aliphatic rings. The molecule has 1 unspecified atom stereocenters. The lowest BCUT2D eigenvalue weighted by Crippen LogP contribution is -2.37. The third-order valence-electron chi connectivity index (χ3n) is 13.0. The highest BCUT2D eigenvalue weighted by molar-refractivity contribution is 7.47. The maximum Gasteiger partial charge on any atom is 0.472 e. The lowest BCUT2D eigenvalue weighted by Gasteiger charge is -2.24. The molecule has 0 aromatic carbocycles. The average Bonchev–Trinajstić information content (AvgIpc) is 3.10. The molecule has 1 N–H and O–H groups in total. The van der Waals surface area contributed by atoms with Crippen LogP contribution in [-0.2, 0) is 23.1 Å². The SMILES string of the molecule is C[C@@H]1CCC[C@H](C)CCC[C@H](C)CC[C@@H](C)CCC[C@@H](C)CCC[C@@H](C)CCC[C@@H](C)CCO[C@H](COP(=O)(O)OCC[N+](C)(C)C)COCC[C@H](C)CCC1. The second kappa shape index (κ2) is 31.8. The van der Waals surface area contributed by atoms with Crippen LogP contribution in [-0.4, -0.2) is 76.2 Å². The fourth-order valence-corrected chi connectivity index (χ4v) is 9.08. The number of likely N-dealkylation sites (N-methyl/N-ethyl adjacent to an activating group) is 1. The van der Waals surface area contributed by atoms with Crippen molar-refractivity contribution < 1.29 is 32.5 Å². The van der Waals surface area contributed by atoms with Gasteiger partial charge >= 0.3 is 7.82 Å². The van der Waals surface area contributed by atoms with Crippen LogP contribution in [0.3, 0.4) is 0 Å². The first-order chi connectivity index (χ1) is 26.4. The Hall–Kier alpha value is -0.0100. The van der Waals surface area contributed by atoms with Crippen molar-refractivity contribution in [2.24, 2.45) is 47.3 Å². The van der Waals surface area contributed by atoms with E-state index in [4.69, 9.17) is 18.5 Å². The summed E-state index contributed by atoms with van der Waals surface area (Å²) in [5.74, 6) is 6.23. The van der Waals surface area contributed by atoms with E-state index in [1.807, 2.05) is 21.1 Å². The first-order valence-electron chi connectivity index (χ1n) is 24.1. The average molecular weight is 817 g/mol. The van der Waals surface area contributed by atoms with Crippen LogP contribution in [0.2, 0.25) is 0 Å². The summed E-state index contributed by atoms with van der Waals surface area (Å²) >= 11 is 0. The number of phosphoric ester groups is 1. The Kier molecular flexibility index (Phi) is 30.7. The van der Waals surface area contributed by atoms with Crippen LogP contribution in [0.25, 0.3) is 0 Å². The van der Waals surface area contributed by atoms with E-state index in [0.29, 0.717) is 42.7 Å². The van der Waals surface area contributed by atoms with Crippen LogP contribution in [0, 0.1) is 47.3 Å². The van der Waals surface area contributed by atoms with Gasteiger partial charge in [-0.25, -0.2) is 4.57 Å². The molecule has 10 atom stereocenters. The van der Waals surface area contributed by atoms with Gasteiger partial charge in [0, 0.05) is 13.2 Å². The van der Waals surface area contributed by atoms with Crippen molar-refractivity contribution in [1.29, 1.82) is 0 Å². The van der Waals surface area contributed by atoms with Crippen LogP contribution in [0.1, 0.15) is 197 Å². The van der Waals surface area contributed by atoms with Gasteiger partial charge in [-0.2, -0.15) is 0 Å². The van der Waals surface area contributed by atoms with E-state index < -0.39 is 13.9 Å². The van der Waals surface area contributed by atoms with Gasteiger partial charge in [0.15, 0.2) is 0 Å². The van der Waals surface area contributed by atoms with Crippen molar-refractivity contribution in [1.82, 2.24) is 0 Å². The molecule has 1 rings (SSSR count). The van der Waals surface area contributed by atoms with Gasteiger partial charge in [0.1, 0.15) is 19.3 Å². The summed E-state index contributed by atoms with van der Waals surface area (Å²) in [5, 5.41) is 0. The van der Waals surface area contributed by atoms with Crippen LogP contribution in [0.5, 0.6) is 0 Å². The number of ether oxygens (including phenoxy) is 2. The molecule has 336 valence electrons. The molecule has 1 heterocycles. The van der Waals surface area contributed by atoms with Gasteiger partial charge in [-0.15, -0.1) is 0 Å². The predicted octanol–water partition coefficient (Wildman–Crippen LogP) is 13.9. The van der Waals surface area contributed by atoms with E-state index >= 15 is 0 Å². The molecular weight excluding hydrogens is 718 g/mol. The molecular formula is C48H99NO6P+. The van der Waals surface area contributed by atoms with Crippen LogP contribution >= 0.6 is 7.82 Å². The summed E-state index contributed by atoms with van der Waals surface area (Å²) in [7, 11) is 1.90. The molecule has 0 aliphatic carbocycles. The summed E-state index contributed by atoms with van der Waals surface area (Å²) in [5.41, 5.74) is 0. The van der Waals surface area contributed by atoms with Crippen LogP contribution < -0.4 is 0 Å². The fourth-order valence-electron chi connectivity index (χ4n) is 8.34. The highest BCUT2D eigenvalue weighted by atomic mass is 31.2. The van der Waals surface area contributed by atoms with E-state index in [1.165, 1.54) is 128 Å². The molecule has 56 heavy (non-hydrogen) atoms. The Morgan fingerprint density at radius 2 is 0.821 bits per heavy atom. The zero-order valence-corrected chi connectivity index (χ0v) is 40.3. The quantitative estimate of drug-likeness (QED) is 0.204. The second-order valence-corrected chi connectivity index (χ2v) is 22.2. The van der Waals surface area contributed by atoms with Crippen molar-refractivity contribution in [2.75, 3.05) is 60.7 Å². The molecule has 1 saturated heterocycles. The Labute approximate surface area is 350 Å². The zero-order chi connectivity index (χ0) is 41.8.